The summed E-state index contributed by atoms with van der Waals surface area (Å²) in [6.45, 7) is 2.29. The number of aromatic nitrogens is 2. The van der Waals surface area contributed by atoms with Gasteiger partial charge in [-0.2, -0.15) is 0 Å². The number of rotatable bonds is 4. The van der Waals surface area contributed by atoms with Crippen molar-refractivity contribution in [2.45, 2.75) is 13.3 Å². The molecule has 0 fully saturated rings. The van der Waals surface area contributed by atoms with Crippen LogP contribution in [0.2, 0.25) is 0 Å². The van der Waals surface area contributed by atoms with E-state index in [1.54, 1.807) is 0 Å². The number of benzene rings is 8. The van der Waals surface area contributed by atoms with Gasteiger partial charge >= 0.3 is 0 Å². The monoisotopic (exact) mass is 756 g/mol. The molecule has 278 valence electrons. The van der Waals surface area contributed by atoms with Gasteiger partial charge in [0.25, 0.3) is 0 Å². The van der Waals surface area contributed by atoms with Crippen LogP contribution in [0.4, 0.5) is 0 Å². The van der Waals surface area contributed by atoms with Crippen molar-refractivity contribution < 1.29 is 8.83 Å². The van der Waals surface area contributed by atoms with Gasteiger partial charge in [-0.05, 0) is 126 Å². The Hall–Kier alpha value is -7.56. The van der Waals surface area contributed by atoms with Gasteiger partial charge in [0.2, 0.25) is 0 Å². The molecule has 0 radical (unpaired) electrons. The molecule has 0 aliphatic heterocycles. The van der Waals surface area contributed by atoms with Gasteiger partial charge in [-0.1, -0.05) is 97.9 Å². The topological polar surface area (TPSA) is 36.1 Å². The minimum atomic E-state index is 0.528. The number of para-hydroxylation sites is 3. The summed E-state index contributed by atoms with van der Waals surface area (Å²) in [5.41, 5.74) is 15.4. The third kappa shape index (κ3) is 4.77. The van der Waals surface area contributed by atoms with Crippen LogP contribution in [0.3, 0.4) is 0 Å². The first-order chi connectivity index (χ1) is 29.1. The SMILES string of the molecule is CC1C=CC=C(c2ccc3c(c2)c2cc(-c4ccc5oc6ccc7oc8ccc(-n9c%10ccccc%10c%10ccccc%109)cc8c7c6c5c4)ccc2n3-c2ccccc2)C1. The van der Waals surface area contributed by atoms with E-state index in [-0.39, 0.29) is 0 Å². The van der Waals surface area contributed by atoms with Crippen molar-refractivity contribution >= 4 is 93.1 Å². The average Bonchev–Trinajstić information content (AvgIpc) is 4.03. The Labute approximate surface area is 339 Å². The Kier molecular flexibility index (Phi) is 6.74. The molecule has 4 nitrogen and oxygen atoms in total. The van der Waals surface area contributed by atoms with Crippen LogP contribution in [0.15, 0.2) is 191 Å². The fraction of sp³-hybridized carbons (Fsp3) is 0.0545. The van der Waals surface area contributed by atoms with Gasteiger partial charge in [0, 0.05) is 54.5 Å². The van der Waals surface area contributed by atoms with Crippen LogP contribution < -0.4 is 0 Å². The standard InChI is InChI=1S/C55H36N2O2/c1-33-10-9-11-34(28-33)35-18-22-48-42(29-35)43-30-36(19-23-49(43)56(48)38-12-3-2-4-13-38)37-20-24-50-44(31-37)54-52(58-50)26-27-53-55(54)45-32-39(21-25-51(45)59-53)57-46-16-7-5-14-40(46)41-15-6-8-17-47(41)57/h2-27,29-33H,28H2,1H3. The van der Waals surface area contributed by atoms with Crippen LogP contribution in [-0.2, 0) is 0 Å². The molecule has 0 saturated heterocycles. The maximum atomic E-state index is 6.59. The van der Waals surface area contributed by atoms with Crippen molar-refractivity contribution in [1.29, 1.82) is 0 Å². The molecule has 13 rings (SSSR count). The maximum Gasteiger partial charge on any atom is 0.136 e. The zero-order chi connectivity index (χ0) is 38.8. The molecule has 1 atom stereocenters. The van der Waals surface area contributed by atoms with Crippen LogP contribution in [0.1, 0.15) is 18.9 Å². The van der Waals surface area contributed by atoms with E-state index in [4.69, 9.17) is 8.83 Å². The fourth-order valence-corrected chi connectivity index (χ4v) is 9.96. The van der Waals surface area contributed by atoms with Gasteiger partial charge in [0.1, 0.15) is 22.3 Å². The third-order valence-corrected chi connectivity index (χ3v) is 12.7. The second kappa shape index (κ2) is 12.2. The van der Waals surface area contributed by atoms with E-state index in [2.05, 4.69) is 186 Å². The highest BCUT2D eigenvalue weighted by Gasteiger charge is 2.21. The lowest BCUT2D eigenvalue weighted by atomic mass is 9.90. The van der Waals surface area contributed by atoms with Crippen molar-refractivity contribution in [3.8, 4) is 22.5 Å². The molecule has 0 saturated carbocycles. The number of nitrogens with zero attached hydrogens (tertiary/aromatic N) is 2. The lowest BCUT2D eigenvalue weighted by Gasteiger charge is -2.15. The molecule has 1 aliphatic carbocycles. The summed E-state index contributed by atoms with van der Waals surface area (Å²) in [6.07, 6.45) is 7.82. The molecule has 4 heterocycles. The highest BCUT2D eigenvalue weighted by Crippen LogP contribution is 2.44. The van der Waals surface area contributed by atoms with E-state index in [0.29, 0.717) is 5.92 Å². The minimum Gasteiger partial charge on any atom is -0.456 e. The Morgan fingerprint density at radius 1 is 0.424 bits per heavy atom. The molecule has 0 spiro atoms. The van der Waals surface area contributed by atoms with Gasteiger partial charge in [-0.3, -0.25) is 0 Å². The summed E-state index contributed by atoms with van der Waals surface area (Å²) in [5, 5.41) is 9.28. The van der Waals surface area contributed by atoms with E-state index in [9.17, 15) is 0 Å². The first-order valence-electron chi connectivity index (χ1n) is 20.5. The lowest BCUT2D eigenvalue weighted by molar-refractivity contribution is 0.663. The average molecular weight is 757 g/mol. The van der Waals surface area contributed by atoms with Gasteiger partial charge in [0.15, 0.2) is 0 Å². The van der Waals surface area contributed by atoms with E-state index in [1.807, 2.05) is 12.1 Å². The van der Waals surface area contributed by atoms with Crippen molar-refractivity contribution in [3.05, 3.63) is 188 Å². The van der Waals surface area contributed by atoms with Gasteiger partial charge in [-0.25, -0.2) is 0 Å². The quantitative estimate of drug-likeness (QED) is 0.179. The van der Waals surface area contributed by atoms with E-state index >= 15 is 0 Å². The second-order valence-corrected chi connectivity index (χ2v) is 16.2. The van der Waals surface area contributed by atoms with Crippen molar-refractivity contribution in [2.24, 2.45) is 5.92 Å². The van der Waals surface area contributed by atoms with E-state index in [0.717, 1.165) is 72.8 Å². The predicted octanol–water partition coefficient (Wildman–Crippen LogP) is 15.3. The van der Waals surface area contributed by atoms with Crippen LogP contribution in [0, 0.1) is 5.92 Å². The molecular weight excluding hydrogens is 721 g/mol. The number of fused-ring (bicyclic) bond motifs is 13. The number of allylic oxidation sites excluding steroid dienone is 4. The molecule has 4 heteroatoms. The zero-order valence-electron chi connectivity index (χ0n) is 32.3. The summed E-state index contributed by atoms with van der Waals surface area (Å²) in [6, 6.07) is 59.2. The number of hydrogen-bond donors (Lipinski definition) is 0. The van der Waals surface area contributed by atoms with Gasteiger partial charge in [-0.15, -0.1) is 0 Å². The lowest BCUT2D eigenvalue weighted by Crippen LogP contribution is -1.97. The molecule has 12 aromatic rings. The first kappa shape index (κ1) is 32.5. The summed E-state index contributed by atoms with van der Waals surface area (Å²) in [5.74, 6) is 0.528. The van der Waals surface area contributed by atoms with Crippen LogP contribution in [-0.4, -0.2) is 9.13 Å². The van der Waals surface area contributed by atoms with Gasteiger partial charge in [0.05, 0.1) is 22.1 Å². The van der Waals surface area contributed by atoms with Crippen molar-refractivity contribution in [1.82, 2.24) is 9.13 Å². The van der Waals surface area contributed by atoms with Crippen LogP contribution >= 0.6 is 0 Å². The van der Waals surface area contributed by atoms with E-state index < -0.39 is 0 Å². The third-order valence-electron chi connectivity index (χ3n) is 12.7. The number of hydrogen-bond acceptors (Lipinski definition) is 2. The Bertz CT molecular complexity index is 3720. The highest BCUT2D eigenvalue weighted by atomic mass is 16.3. The molecule has 8 aromatic carbocycles. The van der Waals surface area contributed by atoms with Crippen LogP contribution in [0.5, 0.6) is 0 Å². The van der Waals surface area contributed by atoms with Crippen molar-refractivity contribution in [2.75, 3.05) is 0 Å². The molecule has 59 heavy (non-hydrogen) atoms. The Morgan fingerprint density at radius 3 is 1.61 bits per heavy atom. The maximum absolute atomic E-state index is 6.59. The molecule has 1 aliphatic rings. The predicted molar refractivity (Wildman–Crippen MR) is 246 cm³/mol. The van der Waals surface area contributed by atoms with Gasteiger partial charge < -0.3 is 18.0 Å². The Balaban J connectivity index is 1.01. The normalized spacial score (nSPS) is 14.7. The van der Waals surface area contributed by atoms with Crippen molar-refractivity contribution in [3.63, 3.8) is 0 Å². The fourth-order valence-electron chi connectivity index (χ4n) is 9.96. The Morgan fingerprint density at radius 2 is 0.932 bits per heavy atom. The molecule has 0 N–H and O–H groups in total. The molecular formula is C55H36N2O2. The second-order valence-electron chi connectivity index (χ2n) is 16.2. The number of furan rings is 2. The summed E-state index contributed by atoms with van der Waals surface area (Å²) in [4.78, 5) is 0. The first-order valence-corrected chi connectivity index (χ1v) is 20.5. The summed E-state index contributed by atoms with van der Waals surface area (Å²) in [7, 11) is 0. The highest BCUT2D eigenvalue weighted by molar-refractivity contribution is 6.26. The smallest absolute Gasteiger partial charge is 0.136 e. The molecule has 0 amide bonds. The van der Waals surface area contributed by atoms with Crippen LogP contribution in [0.25, 0.3) is 116 Å². The molecule has 4 aromatic heterocycles. The minimum absolute atomic E-state index is 0.528. The summed E-state index contributed by atoms with van der Waals surface area (Å²) < 4.78 is 17.9. The summed E-state index contributed by atoms with van der Waals surface area (Å²) >= 11 is 0. The van der Waals surface area contributed by atoms with E-state index in [1.165, 1.54) is 54.7 Å². The largest absolute Gasteiger partial charge is 0.456 e. The zero-order valence-corrected chi connectivity index (χ0v) is 32.3. The molecule has 1 unspecified atom stereocenters. The molecule has 0 bridgehead atoms.